The number of Topliss-reactive ketones (excluding diaryl/α,β-unsaturated/α-hetero) is 1. The molecule has 1 N–H and O–H groups in total. The van der Waals surface area contributed by atoms with Gasteiger partial charge in [-0.2, -0.15) is 0 Å². The molecule has 0 fully saturated rings. The van der Waals surface area contributed by atoms with Crippen molar-refractivity contribution in [1.82, 2.24) is 0 Å². The molecule has 0 radical (unpaired) electrons. The number of halogens is 1. The van der Waals surface area contributed by atoms with E-state index in [4.69, 9.17) is 4.74 Å². The van der Waals surface area contributed by atoms with E-state index in [0.717, 1.165) is 16.7 Å². The molecule has 0 aliphatic rings. The van der Waals surface area contributed by atoms with Gasteiger partial charge in [0.1, 0.15) is 23.6 Å². The van der Waals surface area contributed by atoms with E-state index in [9.17, 15) is 19.1 Å². The molecule has 0 aliphatic heterocycles. The van der Waals surface area contributed by atoms with Crippen LogP contribution in [0, 0.1) is 26.6 Å². The number of ketones is 1. The highest BCUT2D eigenvalue weighted by molar-refractivity contribution is 5.96. The van der Waals surface area contributed by atoms with Gasteiger partial charge in [-0.05, 0) is 75.4 Å². The number of aliphatic hydroxyl groups is 1. The molecule has 0 aromatic heterocycles. The molecule has 0 bridgehead atoms. The molecule has 0 spiro atoms. The average molecular weight is 427 g/mol. The van der Waals surface area contributed by atoms with E-state index in [0.29, 0.717) is 16.7 Å². The van der Waals surface area contributed by atoms with Crippen molar-refractivity contribution < 1.29 is 23.8 Å². The number of carbonyl (C=O) groups excluding carboxylic acids is 2. The van der Waals surface area contributed by atoms with E-state index in [-0.39, 0.29) is 12.2 Å². The number of rotatable bonds is 7. The number of hydrogen-bond donors (Lipinski definition) is 1. The molecule has 2 aromatic carbocycles. The van der Waals surface area contributed by atoms with Crippen LogP contribution in [0.5, 0.6) is 0 Å². The summed E-state index contributed by atoms with van der Waals surface area (Å²) in [4.78, 5) is 23.9. The molecule has 0 aliphatic carbocycles. The first-order valence-electron chi connectivity index (χ1n) is 10.3. The van der Waals surface area contributed by atoms with Crippen LogP contribution in [0.4, 0.5) is 4.39 Å². The number of aryl methyl sites for hydroxylation is 2. The van der Waals surface area contributed by atoms with Crippen molar-refractivity contribution in [3.8, 4) is 11.1 Å². The van der Waals surface area contributed by atoms with E-state index in [1.165, 1.54) is 6.08 Å². The fourth-order valence-electron chi connectivity index (χ4n) is 3.36. The van der Waals surface area contributed by atoms with Crippen molar-refractivity contribution in [2.75, 3.05) is 0 Å². The second kappa shape index (κ2) is 10.0. The maximum atomic E-state index is 14.6. The third-order valence-electron chi connectivity index (χ3n) is 4.74. The van der Waals surface area contributed by atoms with Crippen molar-refractivity contribution >= 4 is 17.8 Å². The van der Waals surface area contributed by atoms with Gasteiger partial charge < -0.3 is 9.84 Å². The number of hydrogen-bond acceptors (Lipinski definition) is 4. The SMILES string of the molecule is Cc1cccc(-c2cc(C)c(F)c(C)c2/C=C/C(O)CC(=O)CC(=O)OC(C)(C)C)c1. The summed E-state index contributed by atoms with van der Waals surface area (Å²) in [6.45, 7) is 10.6. The summed E-state index contributed by atoms with van der Waals surface area (Å²) in [6.07, 6.45) is 1.39. The zero-order valence-corrected chi connectivity index (χ0v) is 19.1. The second-order valence-corrected chi connectivity index (χ2v) is 8.90. The van der Waals surface area contributed by atoms with E-state index in [2.05, 4.69) is 0 Å². The van der Waals surface area contributed by atoms with Crippen LogP contribution in [-0.2, 0) is 14.3 Å². The minimum atomic E-state index is -1.09. The molecular weight excluding hydrogens is 395 g/mol. The largest absolute Gasteiger partial charge is 0.460 e. The Kier molecular flexibility index (Phi) is 7.91. The number of ether oxygens (including phenoxy) is 1. The van der Waals surface area contributed by atoms with Gasteiger partial charge in [-0.1, -0.05) is 42.0 Å². The monoisotopic (exact) mass is 426 g/mol. The number of aliphatic hydroxyl groups excluding tert-OH is 1. The quantitative estimate of drug-likeness (QED) is 0.470. The minimum Gasteiger partial charge on any atom is -0.460 e. The Balaban J connectivity index is 2.22. The normalized spacial score (nSPS) is 12.8. The summed E-state index contributed by atoms with van der Waals surface area (Å²) in [5.41, 5.74) is 3.87. The standard InChI is InChI=1S/C26H31FO4/c1-16-8-7-9-19(12-16)23-13-17(2)25(27)18(3)22(23)11-10-20(28)14-21(29)15-24(30)31-26(4,5)6/h7-13,20,28H,14-15H2,1-6H3/b11-10+. The summed E-state index contributed by atoms with van der Waals surface area (Å²) in [5.74, 6) is -1.34. The van der Waals surface area contributed by atoms with Gasteiger partial charge in [0.15, 0.2) is 0 Å². The molecule has 2 aromatic rings. The van der Waals surface area contributed by atoms with Gasteiger partial charge in [-0.25, -0.2) is 4.39 Å². The first-order chi connectivity index (χ1) is 14.4. The van der Waals surface area contributed by atoms with E-state index >= 15 is 0 Å². The molecule has 31 heavy (non-hydrogen) atoms. The maximum absolute atomic E-state index is 14.6. The zero-order chi connectivity index (χ0) is 23.3. The fourth-order valence-corrected chi connectivity index (χ4v) is 3.36. The lowest BCUT2D eigenvalue weighted by molar-refractivity contribution is -0.156. The number of esters is 1. The van der Waals surface area contributed by atoms with E-state index in [1.54, 1.807) is 46.8 Å². The predicted octanol–water partition coefficient (Wildman–Crippen LogP) is 5.48. The van der Waals surface area contributed by atoms with Crippen LogP contribution >= 0.6 is 0 Å². The van der Waals surface area contributed by atoms with Gasteiger partial charge in [0.2, 0.25) is 0 Å². The number of carbonyl (C=O) groups is 2. The van der Waals surface area contributed by atoms with Gasteiger partial charge in [0.05, 0.1) is 6.10 Å². The van der Waals surface area contributed by atoms with E-state index in [1.807, 2.05) is 31.2 Å². The first-order valence-corrected chi connectivity index (χ1v) is 10.3. The molecule has 2 rings (SSSR count). The van der Waals surface area contributed by atoms with E-state index < -0.39 is 29.9 Å². The summed E-state index contributed by atoms with van der Waals surface area (Å²) >= 11 is 0. The molecule has 166 valence electrons. The summed E-state index contributed by atoms with van der Waals surface area (Å²) in [7, 11) is 0. The third kappa shape index (κ3) is 7.14. The smallest absolute Gasteiger partial charge is 0.313 e. The minimum absolute atomic E-state index is 0.219. The van der Waals surface area contributed by atoms with Gasteiger partial charge in [-0.15, -0.1) is 0 Å². The lowest BCUT2D eigenvalue weighted by Crippen LogP contribution is -2.26. The Morgan fingerprint density at radius 3 is 2.45 bits per heavy atom. The topological polar surface area (TPSA) is 63.6 Å². The van der Waals surface area contributed by atoms with Crippen LogP contribution in [0.3, 0.4) is 0 Å². The van der Waals surface area contributed by atoms with Crippen molar-refractivity contribution in [2.45, 2.75) is 66.1 Å². The van der Waals surface area contributed by atoms with Gasteiger partial charge in [-0.3, -0.25) is 9.59 Å². The highest BCUT2D eigenvalue weighted by Crippen LogP contribution is 2.31. The molecule has 4 nitrogen and oxygen atoms in total. The first kappa shape index (κ1) is 24.5. The van der Waals surface area contributed by atoms with Crippen molar-refractivity contribution in [3.63, 3.8) is 0 Å². The average Bonchev–Trinajstić information content (AvgIpc) is 2.63. The highest BCUT2D eigenvalue weighted by atomic mass is 19.1. The van der Waals surface area contributed by atoms with Crippen molar-refractivity contribution in [3.05, 3.63) is 64.5 Å². The van der Waals surface area contributed by atoms with Crippen LogP contribution in [0.15, 0.2) is 36.4 Å². The Hall–Kier alpha value is -2.79. The summed E-state index contributed by atoms with van der Waals surface area (Å²) in [5, 5.41) is 10.3. The lowest BCUT2D eigenvalue weighted by atomic mass is 9.92. The number of benzene rings is 2. The molecule has 1 unspecified atom stereocenters. The van der Waals surface area contributed by atoms with Crippen molar-refractivity contribution in [1.29, 1.82) is 0 Å². The molecule has 0 saturated heterocycles. The van der Waals surface area contributed by atoms with Gasteiger partial charge in [0.25, 0.3) is 0 Å². The van der Waals surface area contributed by atoms with Crippen LogP contribution < -0.4 is 0 Å². The van der Waals surface area contributed by atoms with Gasteiger partial charge >= 0.3 is 5.97 Å². The van der Waals surface area contributed by atoms with Crippen LogP contribution in [0.1, 0.15) is 55.9 Å². The predicted molar refractivity (Wildman–Crippen MR) is 121 cm³/mol. The maximum Gasteiger partial charge on any atom is 0.313 e. The Morgan fingerprint density at radius 2 is 1.84 bits per heavy atom. The molecule has 5 heteroatoms. The van der Waals surface area contributed by atoms with Crippen molar-refractivity contribution in [2.24, 2.45) is 0 Å². The highest BCUT2D eigenvalue weighted by Gasteiger charge is 2.20. The lowest BCUT2D eigenvalue weighted by Gasteiger charge is -2.19. The Labute approximate surface area is 183 Å². The summed E-state index contributed by atoms with van der Waals surface area (Å²) in [6, 6.07) is 9.69. The summed E-state index contributed by atoms with van der Waals surface area (Å²) < 4.78 is 19.7. The third-order valence-corrected chi connectivity index (χ3v) is 4.74. The molecule has 0 amide bonds. The zero-order valence-electron chi connectivity index (χ0n) is 19.1. The van der Waals surface area contributed by atoms with Gasteiger partial charge in [0, 0.05) is 6.42 Å². The molecular formula is C26H31FO4. The van der Waals surface area contributed by atoms with Crippen LogP contribution in [0.2, 0.25) is 0 Å². The Bertz CT molecular complexity index is 999. The molecule has 0 heterocycles. The molecule has 1 atom stereocenters. The van der Waals surface area contributed by atoms with Crippen LogP contribution in [0.25, 0.3) is 17.2 Å². The van der Waals surface area contributed by atoms with Crippen LogP contribution in [-0.4, -0.2) is 28.6 Å². The molecule has 0 saturated carbocycles. The second-order valence-electron chi connectivity index (χ2n) is 8.90. The Morgan fingerprint density at radius 1 is 1.16 bits per heavy atom. The fraction of sp³-hybridized carbons (Fsp3) is 0.385.